The van der Waals surface area contributed by atoms with Crippen LogP contribution in [-0.4, -0.2) is 24.3 Å². The minimum absolute atomic E-state index is 0.688. The first-order valence-electron chi connectivity index (χ1n) is 8.20. The topological polar surface area (TPSA) is 46.1 Å². The van der Waals surface area contributed by atoms with Gasteiger partial charge in [-0.15, -0.1) is 5.10 Å². The minimum atomic E-state index is 0.688. The van der Waals surface area contributed by atoms with Crippen molar-refractivity contribution in [2.24, 2.45) is 5.10 Å². The molecule has 0 radical (unpaired) electrons. The lowest BCUT2D eigenvalue weighted by molar-refractivity contribution is 0.355. The van der Waals surface area contributed by atoms with Crippen molar-refractivity contribution in [2.45, 2.75) is 6.92 Å². The third-order valence-corrected chi connectivity index (χ3v) is 5.15. The molecule has 0 saturated heterocycles. The number of aryl methyl sites for hydroxylation is 1. The second-order valence-electron chi connectivity index (χ2n) is 5.98. The van der Waals surface area contributed by atoms with E-state index in [0.29, 0.717) is 11.5 Å². The first kappa shape index (κ1) is 16.6. The molecule has 0 unspecified atom stereocenters. The van der Waals surface area contributed by atoms with Gasteiger partial charge in [0.15, 0.2) is 16.7 Å². The molecule has 2 aromatic rings. The Balaban J connectivity index is 1.67. The van der Waals surface area contributed by atoms with E-state index in [4.69, 9.17) is 9.47 Å². The molecule has 2 aromatic carbocycles. The van der Waals surface area contributed by atoms with Crippen LogP contribution in [0.5, 0.6) is 11.5 Å². The lowest BCUT2D eigenvalue weighted by Gasteiger charge is -2.24. The minimum Gasteiger partial charge on any atom is -0.493 e. The van der Waals surface area contributed by atoms with Crippen molar-refractivity contribution >= 4 is 28.3 Å². The van der Waals surface area contributed by atoms with Crippen LogP contribution in [0.2, 0.25) is 0 Å². The third kappa shape index (κ3) is 2.93. The highest BCUT2D eigenvalue weighted by atomic mass is 32.2. The molecular formula is C20H19N3O2S. The van der Waals surface area contributed by atoms with Crippen molar-refractivity contribution in [1.29, 1.82) is 0 Å². The molecule has 2 aliphatic rings. The summed E-state index contributed by atoms with van der Waals surface area (Å²) >= 11 is 1.61. The number of hydrogen-bond acceptors (Lipinski definition) is 6. The average molecular weight is 365 g/mol. The number of nitrogens with zero attached hydrogens (tertiary/aromatic N) is 2. The first-order chi connectivity index (χ1) is 12.7. The molecule has 2 heterocycles. The van der Waals surface area contributed by atoms with Crippen molar-refractivity contribution in [1.82, 2.24) is 10.3 Å². The SMILES string of the molecule is COc1ccc(C2=CN3C(c4ccc(C)cc4)=CSC3=NN2)cc1OC. The molecule has 26 heavy (non-hydrogen) atoms. The van der Waals surface area contributed by atoms with Crippen molar-refractivity contribution in [3.63, 3.8) is 0 Å². The van der Waals surface area contributed by atoms with E-state index in [1.54, 1.807) is 26.0 Å². The molecule has 2 aliphatic heterocycles. The maximum absolute atomic E-state index is 5.41. The summed E-state index contributed by atoms with van der Waals surface area (Å²) in [5.74, 6) is 1.39. The molecule has 0 bridgehead atoms. The van der Waals surface area contributed by atoms with Crippen LogP contribution in [0, 0.1) is 6.92 Å². The largest absolute Gasteiger partial charge is 0.493 e. The summed E-state index contributed by atoms with van der Waals surface area (Å²) in [6.45, 7) is 2.09. The number of benzene rings is 2. The predicted octanol–water partition coefficient (Wildman–Crippen LogP) is 4.23. The Kier molecular flexibility index (Phi) is 4.34. The maximum Gasteiger partial charge on any atom is 0.196 e. The van der Waals surface area contributed by atoms with Gasteiger partial charge >= 0.3 is 0 Å². The first-order valence-corrected chi connectivity index (χ1v) is 9.08. The van der Waals surface area contributed by atoms with E-state index in [2.05, 4.69) is 58.2 Å². The summed E-state index contributed by atoms with van der Waals surface area (Å²) in [5.41, 5.74) is 8.54. The van der Waals surface area contributed by atoms with Gasteiger partial charge in [0.2, 0.25) is 0 Å². The molecule has 0 aromatic heterocycles. The van der Waals surface area contributed by atoms with E-state index in [-0.39, 0.29) is 0 Å². The highest BCUT2D eigenvalue weighted by Crippen LogP contribution is 2.37. The number of nitrogens with one attached hydrogen (secondary N) is 1. The van der Waals surface area contributed by atoms with Crippen LogP contribution in [0.15, 0.2) is 59.2 Å². The van der Waals surface area contributed by atoms with Gasteiger partial charge in [-0.1, -0.05) is 41.6 Å². The summed E-state index contributed by atoms with van der Waals surface area (Å²) in [6, 6.07) is 14.3. The van der Waals surface area contributed by atoms with Crippen LogP contribution in [0.1, 0.15) is 16.7 Å². The molecule has 4 rings (SSSR count). The molecule has 1 N–H and O–H groups in total. The van der Waals surface area contributed by atoms with Gasteiger partial charge in [-0.25, -0.2) is 0 Å². The molecule has 0 fully saturated rings. The Morgan fingerprint density at radius 3 is 2.42 bits per heavy atom. The lowest BCUT2D eigenvalue weighted by Crippen LogP contribution is -2.26. The van der Waals surface area contributed by atoms with Gasteiger partial charge in [0, 0.05) is 17.2 Å². The molecule has 132 valence electrons. The van der Waals surface area contributed by atoms with Crippen LogP contribution in [0.4, 0.5) is 0 Å². The zero-order chi connectivity index (χ0) is 18.1. The fourth-order valence-corrected chi connectivity index (χ4v) is 3.70. The Morgan fingerprint density at radius 1 is 0.962 bits per heavy atom. The molecule has 0 atom stereocenters. The Hall–Kier alpha value is -2.86. The number of methoxy groups -OCH3 is 2. The summed E-state index contributed by atoms with van der Waals surface area (Å²) in [5, 5.41) is 7.54. The number of amidine groups is 1. The number of thioether (sulfide) groups is 1. The van der Waals surface area contributed by atoms with E-state index in [0.717, 1.165) is 27.7 Å². The number of fused-ring (bicyclic) bond motifs is 1. The molecule has 0 saturated carbocycles. The third-order valence-electron chi connectivity index (χ3n) is 4.31. The fraction of sp³-hybridized carbons (Fsp3) is 0.150. The summed E-state index contributed by atoms with van der Waals surface area (Å²) in [6.07, 6.45) is 2.06. The lowest BCUT2D eigenvalue weighted by atomic mass is 10.1. The van der Waals surface area contributed by atoms with Gasteiger partial charge in [-0.3, -0.25) is 10.3 Å². The van der Waals surface area contributed by atoms with Gasteiger partial charge in [-0.05, 0) is 30.7 Å². The zero-order valence-electron chi connectivity index (χ0n) is 14.8. The van der Waals surface area contributed by atoms with Crippen LogP contribution < -0.4 is 14.9 Å². The second kappa shape index (κ2) is 6.80. The van der Waals surface area contributed by atoms with Crippen LogP contribution in [0.25, 0.3) is 11.4 Å². The van der Waals surface area contributed by atoms with Gasteiger partial charge in [-0.2, -0.15) is 0 Å². The highest BCUT2D eigenvalue weighted by molar-refractivity contribution is 8.16. The fourth-order valence-electron chi connectivity index (χ4n) is 2.87. The smallest absolute Gasteiger partial charge is 0.196 e. The predicted molar refractivity (Wildman–Crippen MR) is 107 cm³/mol. The Bertz CT molecular complexity index is 933. The van der Waals surface area contributed by atoms with Gasteiger partial charge in [0.1, 0.15) is 0 Å². The molecule has 6 heteroatoms. The van der Waals surface area contributed by atoms with Gasteiger partial charge in [0.25, 0.3) is 0 Å². The van der Waals surface area contributed by atoms with E-state index in [1.807, 2.05) is 18.2 Å². The summed E-state index contributed by atoms with van der Waals surface area (Å²) in [7, 11) is 3.27. The van der Waals surface area contributed by atoms with E-state index in [1.165, 1.54) is 5.56 Å². The van der Waals surface area contributed by atoms with Gasteiger partial charge < -0.3 is 9.47 Å². The molecule has 5 nitrogen and oxygen atoms in total. The average Bonchev–Trinajstić information content (AvgIpc) is 3.11. The van der Waals surface area contributed by atoms with Crippen molar-refractivity contribution in [3.05, 3.63) is 70.8 Å². The molecule has 0 amide bonds. The number of hydrogen-bond donors (Lipinski definition) is 1. The number of rotatable bonds is 4. The standard InChI is InChI=1S/C20H19N3O2S/c1-13-4-6-14(7-5-13)17-12-26-20-22-21-16(11-23(17)20)15-8-9-18(24-2)19(10-15)25-3/h4-12,21H,1-3H3. The number of hydrazone groups is 1. The van der Waals surface area contributed by atoms with Crippen LogP contribution >= 0.6 is 11.8 Å². The van der Waals surface area contributed by atoms with E-state index < -0.39 is 0 Å². The number of ether oxygens (including phenoxy) is 2. The van der Waals surface area contributed by atoms with Crippen LogP contribution in [0.3, 0.4) is 0 Å². The maximum atomic E-state index is 5.41. The quantitative estimate of drug-likeness (QED) is 0.878. The summed E-state index contributed by atoms with van der Waals surface area (Å²) in [4.78, 5) is 2.11. The second-order valence-corrected chi connectivity index (χ2v) is 6.81. The Morgan fingerprint density at radius 2 is 1.69 bits per heavy atom. The van der Waals surface area contributed by atoms with E-state index in [9.17, 15) is 0 Å². The normalized spacial score (nSPS) is 15.5. The summed E-state index contributed by atoms with van der Waals surface area (Å²) < 4.78 is 10.7. The molecule has 0 spiro atoms. The molecule has 0 aliphatic carbocycles. The van der Waals surface area contributed by atoms with Crippen molar-refractivity contribution in [3.8, 4) is 11.5 Å². The molecular weight excluding hydrogens is 346 g/mol. The Labute approximate surface area is 157 Å². The van der Waals surface area contributed by atoms with Crippen molar-refractivity contribution in [2.75, 3.05) is 14.2 Å². The highest BCUT2D eigenvalue weighted by Gasteiger charge is 2.26. The zero-order valence-corrected chi connectivity index (χ0v) is 15.6. The monoisotopic (exact) mass is 365 g/mol. The van der Waals surface area contributed by atoms with E-state index >= 15 is 0 Å². The van der Waals surface area contributed by atoms with Crippen LogP contribution in [-0.2, 0) is 0 Å². The van der Waals surface area contributed by atoms with Crippen molar-refractivity contribution < 1.29 is 9.47 Å². The van der Waals surface area contributed by atoms with Gasteiger partial charge in [0.05, 0.1) is 25.6 Å².